The molecule has 0 saturated carbocycles. The fraction of sp³-hybridized carbons (Fsp3) is 0.681. The number of unbranched alkanes of at least 4 members (excludes halogenated alkanes) is 17. The summed E-state index contributed by atoms with van der Waals surface area (Å²) in [7, 11) is 0. The van der Waals surface area contributed by atoms with Crippen molar-refractivity contribution in [1.82, 2.24) is 9.80 Å². The number of aliphatic hydroxyl groups is 3. The van der Waals surface area contributed by atoms with Crippen LogP contribution in [-0.4, -0.2) is 92.8 Å². The number of hydrogen-bond donors (Lipinski definition) is 4. The number of benzene rings is 2. The van der Waals surface area contributed by atoms with Crippen molar-refractivity contribution in [2.75, 3.05) is 13.2 Å². The van der Waals surface area contributed by atoms with E-state index in [1.54, 1.807) is 24.3 Å². The number of amides is 3. The fourth-order valence-corrected chi connectivity index (χ4v) is 7.80. The molecule has 0 radical (unpaired) electrons. The average molecular weight is 810 g/mol. The summed E-state index contributed by atoms with van der Waals surface area (Å²) in [6, 6.07) is 15.3. The van der Waals surface area contributed by atoms with E-state index >= 15 is 0 Å². The third kappa shape index (κ3) is 17.1. The third-order valence-electron chi connectivity index (χ3n) is 11.3. The van der Waals surface area contributed by atoms with Crippen molar-refractivity contribution in [3.63, 3.8) is 0 Å². The minimum Gasteiger partial charge on any atom is -0.444 e. The molecule has 2 aromatic rings. The predicted octanol–water partition coefficient (Wildman–Crippen LogP) is 8.20. The second-order valence-electron chi connectivity index (χ2n) is 16.1. The zero-order chi connectivity index (χ0) is 42.0. The largest absolute Gasteiger partial charge is 0.444 e. The maximum Gasteiger partial charge on any atom is 0.417 e. The topological polar surface area (TPSA) is 163 Å². The summed E-state index contributed by atoms with van der Waals surface area (Å²) in [5, 5.41) is 33.4. The van der Waals surface area contributed by atoms with E-state index in [4.69, 9.17) is 15.2 Å². The Balaban J connectivity index is 1.89. The van der Waals surface area contributed by atoms with Crippen molar-refractivity contribution in [1.29, 1.82) is 0 Å². The molecule has 1 aliphatic heterocycles. The van der Waals surface area contributed by atoms with Gasteiger partial charge in [0.05, 0.1) is 12.6 Å². The molecule has 0 unspecified atom stereocenters. The average Bonchev–Trinajstić information content (AvgIpc) is 3.24. The Hall–Kier alpha value is -3.35. The van der Waals surface area contributed by atoms with Crippen molar-refractivity contribution >= 4 is 17.9 Å². The van der Waals surface area contributed by atoms with Gasteiger partial charge in [-0.05, 0) is 30.4 Å². The summed E-state index contributed by atoms with van der Waals surface area (Å²) in [5.41, 5.74) is 7.96. The van der Waals surface area contributed by atoms with E-state index in [1.807, 2.05) is 36.4 Å². The van der Waals surface area contributed by atoms with E-state index in [1.165, 1.54) is 69.1 Å². The summed E-state index contributed by atoms with van der Waals surface area (Å²) < 4.78 is 12.0. The maximum atomic E-state index is 14.4. The lowest BCUT2D eigenvalue weighted by atomic mass is 9.92. The SMILES string of the molecule is CCCCCCCCCCCCN(C(=O)CCCCCCCCCCC)[C@@H]1O[C@H](CO)[C@@H](O)[C@H](O)[C@H]1N(C(=O)OCc1ccccc1)C(=O)[C@@H](N)Cc1ccccc1. The zero-order valence-corrected chi connectivity index (χ0v) is 35.6. The number of ether oxygens (including phenoxy) is 2. The first-order chi connectivity index (χ1) is 28.2. The second-order valence-corrected chi connectivity index (χ2v) is 16.1. The van der Waals surface area contributed by atoms with Gasteiger partial charge in [-0.2, -0.15) is 0 Å². The van der Waals surface area contributed by atoms with Gasteiger partial charge in [0.15, 0.2) is 6.23 Å². The molecule has 1 aliphatic rings. The van der Waals surface area contributed by atoms with Gasteiger partial charge in [-0.15, -0.1) is 0 Å². The van der Waals surface area contributed by atoms with E-state index in [2.05, 4.69) is 13.8 Å². The molecule has 1 saturated heterocycles. The first-order valence-electron chi connectivity index (χ1n) is 22.5. The molecular weight excluding hydrogens is 735 g/mol. The summed E-state index contributed by atoms with van der Waals surface area (Å²) in [6.07, 6.45) is 13.8. The molecule has 1 fully saturated rings. The smallest absolute Gasteiger partial charge is 0.417 e. The standard InChI is InChI=1S/C47H75N3O8/c1-3-5-7-9-11-13-15-17-19-27-33-49(41(52)32-26-18-16-14-12-10-8-6-4-2)46-42(44(54)43(53)40(35-51)58-46)50(47(56)57-36-38-30-24-21-25-31-38)45(55)39(48)34-37-28-22-20-23-29-37/h20-25,28-31,39-40,42-44,46,51,53-54H,3-19,26-27,32-36,48H2,1-2H3/t39-,40+,42+,43+,44+,46+/m0/s1. The number of carbonyl (C=O) groups excluding carboxylic acids is 3. The Morgan fingerprint density at radius 2 is 1.17 bits per heavy atom. The van der Waals surface area contributed by atoms with Crippen molar-refractivity contribution in [3.8, 4) is 0 Å². The molecule has 58 heavy (non-hydrogen) atoms. The third-order valence-corrected chi connectivity index (χ3v) is 11.3. The van der Waals surface area contributed by atoms with Gasteiger partial charge in [0.25, 0.3) is 0 Å². The van der Waals surface area contributed by atoms with Gasteiger partial charge in [-0.1, -0.05) is 184 Å². The molecule has 11 heteroatoms. The van der Waals surface area contributed by atoms with Crippen LogP contribution in [0.4, 0.5) is 4.79 Å². The molecule has 326 valence electrons. The lowest BCUT2D eigenvalue weighted by Gasteiger charge is -2.49. The Kier molecular flexibility index (Phi) is 24.5. The van der Waals surface area contributed by atoms with E-state index in [-0.39, 0.29) is 31.9 Å². The molecular formula is C47H75N3O8. The Labute approximate surface area is 348 Å². The van der Waals surface area contributed by atoms with Gasteiger partial charge in [-0.3, -0.25) is 9.59 Å². The Morgan fingerprint density at radius 1 is 0.690 bits per heavy atom. The van der Waals surface area contributed by atoms with Crippen LogP contribution in [0.5, 0.6) is 0 Å². The van der Waals surface area contributed by atoms with E-state index in [9.17, 15) is 29.7 Å². The van der Waals surface area contributed by atoms with Crippen LogP contribution in [0.1, 0.15) is 153 Å². The molecule has 0 aromatic heterocycles. The molecule has 0 bridgehead atoms. The Morgan fingerprint density at radius 3 is 1.69 bits per heavy atom. The number of hydrogen-bond acceptors (Lipinski definition) is 9. The van der Waals surface area contributed by atoms with Crippen LogP contribution in [0.3, 0.4) is 0 Å². The van der Waals surface area contributed by atoms with Crippen molar-refractivity contribution in [2.45, 2.75) is 192 Å². The summed E-state index contributed by atoms with van der Waals surface area (Å²) in [6.45, 7) is 3.84. The number of imide groups is 1. The molecule has 0 aliphatic carbocycles. The second kappa shape index (κ2) is 29.0. The highest BCUT2D eigenvalue weighted by Crippen LogP contribution is 2.31. The lowest BCUT2D eigenvalue weighted by Crippen LogP contribution is -2.71. The van der Waals surface area contributed by atoms with Crippen molar-refractivity contribution in [3.05, 3.63) is 71.8 Å². The number of carbonyl (C=O) groups is 3. The molecule has 2 aromatic carbocycles. The molecule has 0 spiro atoms. The first kappa shape index (κ1) is 49.0. The first-order valence-corrected chi connectivity index (χ1v) is 22.5. The van der Waals surface area contributed by atoms with Crippen LogP contribution in [0.2, 0.25) is 0 Å². The minimum atomic E-state index is -1.79. The molecule has 6 atom stereocenters. The van der Waals surface area contributed by atoms with Gasteiger partial charge in [-0.25, -0.2) is 9.69 Å². The monoisotopic (exact) mass is 810 g/mol. The number of rotatable bonds is 29. The number of aliphatic hydroxyl groups excluding tert-OH is 3. The molecule has 3 amide bonds. The molecule has 11 nitrogen and oxygen atoms in total. The van der Waals surface area contributed by atoms with Crippen molar-refractivity contribution < 1.29 is 39.2 Å². The van der Waals surface area contributed by atoms with Gasteiger partial charge in [0.2, 0.25) is 11.8 Å². The van der Waals surface area contributed by atoms with E-state index in [0.29, 0.717) is 18.4 Å². The fourth-order valence-electron chi connectivity index (χ4n) is 7.80. The zero-order valence-electron chi connectivity index (χ0n) is 35.6. The highest BCUT2D eigenvalue weighted by Gasteiger charge is 2.53. The highest BCUT2D eigenvalue weighted by atomic mass is 16.6. The quantitative estimate of drug-likeness (QED) is 0.0594. The van der Waals surface area contributed by atoms with Crippen LogP contribution in [-0.2, 0) is 32.1 Å². The predicted molar refractivity (Wildman–Crippen MR) is 229 cm³/mol. The van der Waals surface area contributed by atoms with E-state index < -0.39 is 55.2 Å². The van der Waals surface area contributed by atoms with E-state index in [0.717, 1.165) is 55.4 Å². The molecule has 1 heterocycles. The normalized spacial score (nSPS) is 19.7. The summed E-state index contributed by atoms with van der Waals surface area (Å²) in [4.78, 5) is 45.2. The minimum absolute atomic E-state index is 0.0815. The Bertz CT molecular complexity index is 1400. The highest BCUT2D eigenvalue weighted by molar-refractivity contribution is 5.95. The van der Waals surface area contributed by atoms with Crippen LogP contribution in [0.25, 0.3) is 0 Å². The summed E-state index contributed by atoms with van der Waals surface area (Å²) >= 11 is 0. The lowest BCUT2D eigenvalue weighted by molar-refractivity contribution is -0.245. The van der Waals surface area contributed by atoms with Gasteiger partial charge < -0.3 is 35.4 Å². The van der Waals surface area contributed by atoms with Crippen LogP contribution < -0.4 is 5.73 Å². The van der Waals surface area contributed by atoms with Crippen molar-refractivity contribution in [2.24, 2.45) is 5.73 Å². The van der Waals surface area contributed by atoms with Gasteiger partial charge >= 0.3 is 6.09 Å². The number of nitrogens with two attached hydrogens (primary N) is 1. The van der Waals surface area contributed by atoms with Gasteiger partial charge in [0, 0.05) is 13.0 Å². The summed E-state index contributed by atoms with van der Waals surface area (Å²) in [5.74, 6) is -1.09. The number of nitrogens with zero attached hydrogens (tertiary/aromatic N) is 2. The van der Waals surface area contributed by atoms with Gasteiger partial charge in [0.1, 0.15) is 31.0 Å². The van der Waals surface area contributed by atoms with Crippen LogP contribution >= 0.6 is 0 Å². The van der Waals surface area contributed by atoms with Crippen LogP contribution in [0.15, 0.2) is 60.7 Å². The molecule has 5 N–H and O–H groups in total. The van der Waals surface area contributed by atoms with Crippen LogP contribution in [0, 0.1) is 0 Å². The molecule has 3 rings (SSSR count). The maximum absolute atomic E-state index is 14.4.